The van der Waals surface area contributed by atoms with Crippen molar-refractivity contribution >= 4 is 11.9 Å². The highest BCUT2D eigenvalue weighted by Gasteiger charge is 2.47. The van der Waals surface area contributed by atoms with Crippen LogP contribution in [0.3, 0.4) is 0 Å². The van der Waals surface area contributed by atoms with Crippen LogP contribution in [0.15, 0.2) is 0 Å². The Labute approximate surface area is 137 Å². The van der Waals surface area contributed by atoms with Gasteiger partial charge in [0.1, 0.15) is 6.04 Å². The summed E-state index contributed by atoms with van der Waals surface area (Å²) in [5.74, 6) is -0.554. The summed E-state index contributed by atoms with van der Waals surface area (Å²) < 4.78 is 11.1. The van der Waals surface area contributed by atoms with E-state index in [-0.39, 0.29) is 24.5 Å². The van der Waals surface area contributed by atoms with E-state index in [1.807, 2.05) is 0 Å². The fraction of sp³-hybridized carbons (Fsp3) is 0.882. The van der Waals surface area contributed by atoms with Crippen LogP contribution < -0.4 is 0 Å². The first-order valence-electron chi connectivity index (χ1n) is 8.90. The molecule has 23 heavy (non-hydrogen) atoms. The van der Waals surface area contributed by atoms with Crippen LogP contribution in [0.25, 0.3) is 0 Å². The molecule has 6 heteroatoms. The Hall–Kier alpha value is -1.14. The lowest BCUT2D eigenvalue weighted by Crippen LogP contribution is -2.46. The monoisotopic (exact) mass is 325 g/mol. The van der Waals surface area contributed by atoms with E-state index in [1.54, 1.807) is 4.90 Å². The van der Waals surface area contributed by atoms with Gasteiger partial charge in [0, 0.05) is 19.3 Å². The summed E-state index contributed by atoms with van der Waals surface area (Å²) in [4.78, 5) is 25.8. The molecule has 1 amide bonds. The van der Waals surface area contributed by atoms with Gasteiger partial charge in [0.2, 0.25) is 5.91 Å². The largest absolute Gasteiger partial charge is 0.480 e. The van der Waals surface area contributed by atoms with E-state index < -0.39 is 12.0 Å². The second kappa shape index (κ2) is 7.62. The van der Waals surface area contributed by atoms with Gasteiger partial charge in [0.15, 0.2) is 0 Å². The zero-order valence-electron chi connectivity index (χ0n) is 13.6. The maximum Gasteiger partial charge on any atom is 0.326 e. The fourth-order valence-electron chi connectivity index (χ4n) is 4.32. The van der Waals surface area contributed by atoms with Gasteiger partial charge in [-0.05, 0) is 38.0 Å². The van der Waals surface area contributed by atoms with Gasteiger partial charge in [-0.2, -0.15) is 0 Å². The van der Waals surface area contributed by atoms with Crippen molar-refractivity contribution < 1.29 is 24.2 Å². The molecule has 2 saturated heterocycles. The number of hydrogen-bond donors (Lipinski definition) is 1. The number of rotatable bonds is 5. The van der Waals surface area contributed by atoms with E-state index in [2.05, 4.69) is 0 Å². The van der Waals surface area contributed by atoms with Gasteiger partial charge in [-0.1, -0.05) is 12.8 Å². The summed E-state index contributed by atoms with van der Waals surface area (Å²) in [6.45, 7) is 1.81. The predicted molar refractivity (Wildman–Crippen MR) is 83.0 cm³/mol. The maximum atomic E-state index is 12.6. The third kappa shape index (κ3) is 3.86. The van der Waals surface area contributed by atoms with Crippen molar-refractivity contribution in [3.05, 3.63) is 0 Å². The Morgan fingerprint density at radius 3 is 2.61 bits per heavy atom. The second-order valence-electron chi connectivity index (χ2n) is 6.94. The summed E-state index contributed by atoms with van der Waals surface area (Å²) in [5, 5.41) is 9.47. The highest BCUT2D eigenvalue weighted by molar-refractivity contribution is 5.84. The molecule has 0 aromatic rings. The fourth-order valence-corrected chi connectivity index (χ4v) is 4.32. The molecule has 2 aliphatic heterocycles. The van der Waals surface area contributed by atoms with Gasteiger partial charge in [-0.3, -0.25) is 4.79 Å². The van der Waals surface area contributed by atoms with Crippen molar-refractivity contribution in [2.75, 3.05) is 19.8 Å². The van der Waals surface area contributed by atoms with E-state index in [0.29, 0.717) is 18.9 Å². The van der Waals surface area contributed by atoms with Crippen LogP contribution in [-0.4, -0.2) is 59.9 Å². The molecule has 3 rings (SSSR count). The van der Waals surface area contributed by atoms with Crippen LogP contribution in [0.1, 0.15) is 51.4 Å². The molecule has 6 nitrogen and oxygen atoms in total. The van der Waals surface area contributed by atoms with E-state index in [1.165, 1.54) is 0 Å². The molecule has 130 valence electrons. The van der Waals surface area contributed by atoms with Crippen molar-refractivity contribution in [2.45, 2.75) is 69.6 Å². The van der Waals surface area contributed by atoms with Crippen LogP contribution in [0, 0.1) is 5.92 Å². The molecule has 2 heterocycles. The van der Waals surface area contributed by atoms with Gasteiger partial charge >= 0.3 is 5.97 Å². The first-order valence-corrected chi connectivity index (χ1v) is 8.90. The summed E-state index contributed by atoms with van der Waals surface area (Å²) in [6.07, 6.45) is 7.07. The van der Waals surface area contributed by atoms with Crippen LogP contribution in [0.2, 0.25) is 0 Å². The van der Waals surface area contributed by atoms with Crippen molar-refractivity contribution in [2.24, 2.45) is 5.92 Å². The topological polar surface area (TPSA) is 76.1 Å². The van der Waals surface area contributed by atoms with Crippen LogP contribution in [0.4, 0.5) is 0 Å². The minimum atomic E-state index is -0.863. The molecule has 1 aliphatic carbocycles. The number of nitrogens with zero attached hydrogens (tertiary/aromatic N) is 1. The van der Waals surface area contributed by atoms with E-state index in [4.69, 9.17) is 9.47 Å². The van der Waals surface area contributed by atoms with Crippen molar-refractivity contribution in [3.8, 4) is 0 Å². The van der Waals surface area contributed by atoms with Crippen molar-refractivity contribution in [1.82, 2.24) is 4.90 Å². The standard InChI is InChI=1S/C17H27NO5/c19-16(7-10-23-13-5-8-22-9-6-13)18-14-4-2-1-3-12(14)11-15(18)17(20)21/h12-15H,1-11H2,(H,20,21). The number of hydrogen-bond acceptors (Lipinski definition) is 4. The number of carboxylic acid groups (broad SMARTS) is 1. The molecule has 3 unspecified atom stereocenters. The molecule has 0 spiro atoms. The number of carbonyl (C=O) groups is 2. The Balaban J connectivity index is 1.54. The lowest BCUT2D eigenvalue weighted by atomic mass is 9.84. The lowest BCUT2D eigenvalue weighted by molar-refractivity contribution is -0.150. The molecule has 0 bridgehead atoms. The van der Waals surface area contributed by atoms with Gasteiger partial charge in [0.25, 0.3) is 0 Å². The first kappa shape index (κ1) is 16.7. The highest BCUT2D eigenvalue weighted by atomic mass is 16.5. The van der Waals surface area contributed by atoms with E-state index >= 15 is 0 Å². The molecule has 1 N–H and O–H groups in total. The molecule has 0 aromatic carbocycles. The molecule has 1 saturated carbocycles. The third-order valence-electron chi connectivity index (χ3n) is 5.50. The minimum Gasteiger partial charge on any atom is -0.480 e. The SMILES string of the molecule is O=C(O)C1CC2CCCCC2N1C(=O)CCOC1CCOCC1. The number of aliphatic carboxylic acids is 1. The number of amides is 1. The van der Waals surface area contributed by atoms with Crippen LogP contribution in [-0.2, 0) is 19.1 Å². The van der Waals surface area contributed by atoms with E-state index in [0.717, 1.165) is 51.7 Å². The number of likely N-dealkylation sites (tertiary alicyclic amines) is 1. The summed E-state index contributed by atoms with van der Waals surface area (Å²) in [7, 11) is 0. The first-order chi connectivity index (χ1) is 11.2. The second-order valence-corrected chi connectivity index (χ2v) is 6.94. The summed E-state index contributed by atoms with van der Waals surface area (Å²) in [6, 6.07) is -0.515. The Bertz CT molecular complexity index is 435. The van der Waals surface area contributed by atoms with E-state index in [9.17, 15) is 14.7 Å². The number of fused-ring (bicyclic) bond motifs is 1. The Morgan fingerprint density at radius 2 is 1.87 bits per heavy atom. The number of ether oxygens (including phenoxy) is 2. The van der Waals surface area contributed by atoms with Gasteiger partial charge in [-0.25, -0.2) is 4.79 Å². The Kier molecular flexibility index (Phi) is 5.54. The summed E-state index contributed by atoms with van der Waals surface area (Å²) in [5.41, 5.74) is 0. The highest BCUT2D eigenvalue weighted by Crippen LogP contribution is 2.40. The van der Waals surface area contributed by atoms with Gasteiger partial charge in [0.05, 0.1) is 19.1 Å². The smallest absolute Gasteiger partial charge is 0.326 e. The Morgan fingerprint density at radius 1 is 1.13 bits per heavy atom. The lowest BCUT2D eigenvalue weighted by Gasteiger charge is -2.33. The molecular weight excluding hydrogens is 298 g/mol. The van der Waals surface area contributed by atoms with Gasteiger partial charge in [-0.15, -0.1) is 0 Å². The molecule has 0 aromatic heterocycles. The molecule has 3 fully saturated rings. The third-order valence-corrected chi connectivity index (χ3v) is 5.50. The zero-order chi connectivity index (χ0) is 16.2. The van der Waals surface area contributed by atoms with Gasteiger partial charge < -0.3 is 19.5 Å². The molecule has 0 radical (unpaired) electrons. The average molecular weight is 325 g/mol. The zero-order valence-corrected chi connectivity index (χ0v) is 13.6. The van der Waals surface area contributed by atoms with Crippen molar-refractivity contribution in [1.29, 1.82) is 0 Å². The molecular formula is C17H27NO5. The number of carbonyl (C=O) groups excluding carboxylic acids is 1. The number of carboxylic acids is 1. The van der Waals surface area contributed by atoms with Crippen LogP contribution in [0.5, 0.6) is 0 Å². The average Bonchev–Trinajstić information content (AvgIpc) is 2.95. The molecule has 3 atom stereocenters. The molecule has 3 aliphatic rings. The summed E-state index contributed by atoms with van der Waals surface area (Å²) >= 11 is 0. The van der Waals surface area contributed by atoms with Crippen molar-refractivity contribution in [3.63, 3.8) is 0 Å². The van der Waals surface area contributed by atoms with Crippen LogP contribution >= 0.6 is 0 Å². The minimum absolute atomic E-state index is 0.0566. The quantitative estimate of drug-likeness (QED) is 0.834. The predicted octanol–water partition coefficient (Wildman–Crippen LogP) is 1.82. The maximum absolute atomic E-state index is 12.6. The normalized spacial score (nSPS) is 31.8.